The molecule has 4 atom stereocenters. The van der Waals surface area contributed by atoms with Crippen LogP contribution in [-0.4, -0.2) is 90.2 Å². The number of rotatable bonds is 17. The smallest absolute Gasteiger partial charge is 0.274 e. The highest BCUT2D eigenvalue weighted by Gasteiger charge is 2.50. The fourth-order valence-corrected chi connectivity index (χ4v) is 5.86. The van der Waals surface area contributed by atoms with Crippen molar-refractivity contribution in [2.24, 2.45) is 5.92 Å². The molecule has 0 bridgehead atoms. The molecule has 3 amide bonds. The number of nitrogens with zero attached hydrogens (tertiary/aromatic N) is 2. The molecule has 12 heteroatoms. The number of carbonyl (C=O) groups excluding carboxylic acids is 4. The standard InChI is InChI=1S/C37H47N5O7/c1-25(2)20-31(35(45)39-30(33(43)37(3)24-48-37)21-27-12-8-5-9-13-27)40-34(44)29(15-14-26-10-6-4-7-11-26)38-36(46)32-22-28(49-41-32)23-42-16-18-47-19-17-42/h4-13,22,25,29-31H,14-21,23-24H2,1-3H3,(H,38,46)(H,39,45)(H,40,44)/t29-,30?,31-,37+/m0/s1. The Morgan fingerprint density at radius 2 is 1.47 bits per heavy atom. The van der Waals surface area contributed by atoms with E-state index in [4.69, 9.17) is 14.0 Å². The number of Topliss-reactive ketones (excluding diaryl/α,β-unsaturated/α-hetero) is 1. The summed E-state index contributed by atoms with van der Waals surface area (Å²) in [5.41, 5.74) is 1.01. The number of morpholine rings is 1. The zero-order chi connectivity index (χ0) is 34.8. The normalized spacial score (nSPS) is 19.4. The van der Waals surface area contributed by atoms with Crippen molar-refractivity contribution in [2.75, 3.05) is 32.9 Å². The Hall–Kier alpha value is -4.39. The number of aromatic nitrogens is 1. The molecule has 2 saturated heterocycles. The lowest BCUT2D eigenvalue weighted by atomic mass is 9.94. The second-order valence-electron chi connectivity index (χ2n) is 13.4. The average molecular weight is 674 g/mol. The number of nitrogens with one attached hydrogen (secondary N) is 3. The van der Waals surface area contributed by atoms with Gasteiger partial charge in [-0.2, -0.15) is 0 Å². The molecule has 1 aromatic heterocycles. The first-order valence-corrected chi connectivity index (χ1v) is 17.0. The molecule has 5 rings (SSSR count). The summed E-state index contributed by atoms with van der Waals surface area (Å²) in [5, 5.41) is 12.6. The number of epoxide rings is 1. The summed E-state index contributed by atoms with van der Waals surface area (Å²) in [6, 6.07) is 17.9. The quantitative estimate of drug-likeness (QED) is 0.184. The summed E-state index contributed by atoms with van der Waals surface area (Å²) < 4.78 is 16.3. The summed E-state index contributed by atoms with van der Waals surface area (Å²) in [4.78, 5) is 56.7. The highest BCUT2D eigenvalue weighted by molar-refractivity contribution is 5.99. The Labute approximate surface area is 287 Å². The lowest BCUT2D eigenvalue weighted by molar-refractivity contribution is -0.133. The Balaban J connectivity index is 1.29. The van der Waals surface area contributed by atoms with E-state index in [1.54, 1.807) is 13.0 Å². The van der Waals surface area contributed by atoms with Crippen molar-refractivity contribution in [2.45, 2.75) is 76.7 Å². The van der Waals surface area contributed by atoms with Crippen LogP contribution in [0.25, 0.3) is 0 Å². The highest BCUT2D eigenvalue weighted by Crippen LogP contribution is 2.29. The SMILES string of the molecule is CC(C)C[C@H](NC(=O)[C@H](CCc1ccccc1)NC(=O)c1cc(CN2CCOCC2)on1)C(=O)NC(Cc1ccccc1)C(=O)[C@@]1(C)CO1. The van der Waals surface area contributed by atoms with Gasteiger partial charge >= 0.3 is 0 Å². The molecule has 3 N–H and O–H groups in total. The number of aryl methyl sites for hydroxylation is 1. The third kappa shape index (κ3) is 10.5. The Kier molecular flexibility index (Phi) is 12.3. The van der Waals surface area contributed by atoms with Crippen LogP contribution in [0.5, 0.6) is 0 Å². The number of benzene rings is 2. The summed E-state index contributed by atoms with van der Waals surface area (Å²) in [5.74, 6) is -1.17. The van der Waals surface area contributed by atoms with Gasteiger partial charge in [0.05, 0.1) is 32.4 Å². The van der Waals surface area contributed by atoms with Gasteiger partial charge in [-0.3, -0.25) is 24.1 Å². The largest absolute Gasteiger partial charge is 0.379 e. The van der Waals surface area contributed by atoms with E-state index < -0.39 is 41.4 Å². The van der Waals surface area contributed by atoms with Crippen LogP contribution in [0.15, 0.2) is 71.3 Å². The van der Waals surface area contributed by atoms with Gasteiger partial charge in [0.2, 0.25) is 11.8 Å². The van der Waals surface area contributed by atoms with E-state index >= 15 is 0 Å². The monoisotopic (exact) mass is 673 g/mol. The number of carbonyl (C=O) groups is 4. The van der Waals surface area contributed by atoms with Gasteiger partial charge in [-0.05, 0) is 49.7 Å². The second-order valence-corrected chi connectivity index (χ2v) is 13.4. The zero-order valence-electron chi connectivity index (χ0n) is 28.5. The predicted molar refractivity (Wildman–Crippen MR) is 181 cm³/mol. The minimum absolute atomic E-state index is 0.0426. The predicted octanol–water partition coefficient (Wildman–Crippen LogP) is 2.85. The maximum Gasteiger partial charge on any atom is 0.274 e. The van der Waals surface area contributed by atoms with Crippen LogP contribution in [0.2, 0.25) is 0 Å². The van der Waals surface area contributed by atoms with Crippen molar-refractivity contribution in [3.05, 3.63) is 89.3 Å². The number of ether oxygens (including phenoxy) is 2. The van der Waals surface area contributed by atoms with Crippen LogP contribution in [0.1, 0.15) is 61.0 Å². The molecule has 0 saturated carbocycles. The lowest BCUT2D eigenvalue weighted by Crippen LogP contribution is -2.57. The van der Waals surface area contributed by atoms with E-state index in [2.05, 4.69) is 26.0 Å². The van der Waals surface area contributed by atoms with Gasteiger partial charge in [0, 0.05) is 19.2 Å². The Morgan fingerprint density at radius 1 is 0.857 bits per heavy atom. The van der Waals surface area contributed by atoms with Crippen molar-refractivity contribution >= 4 is 23.5 Å². The van der Waals surface area contributed by atoms with Gasteiger partial charge in [-0.25, -0.2) is 0 Å². The van der Waals surface area contributed by atoms with Gasteiger partial charge in [0.1, 0.15) is 17.7 Å². The topological polar surface area (TPSA) is 155 Å². The molecular formula is C37H47N5O7. The maximum absolute atomic E-state index is 13.9. The second kappa shape index (κ2) is 16.8. The van der Waals surface area contributed by atoms with Gasteiger partial charge in [0.15, 0.2) is 17.2 Å². The first-order valence-electron chi connectivity index (χ1n) is 17.0. The fourth-order valence-electron chi connectivity index (χ4n) is 5.86. The van der Waals surface area contributed by atoms with Crippen molar-refractivity contribution in [3.63, 3.8) is 0 Å². The zero-order valence-corrected chi connectivity index (χ0v) is 28.5. The minimum Gasteiger partial charge on any atom is -0.379 e. The first-order chi connectivity index (χ1) is 23.6. The molecule has 262 valence electrons. The van der Waals surface area contributed by atoms with E-state index in [0.29, 0.717) is 45.0 Å². The minimum atomic E-state index is -0.977. The number of ketones is 1. The molecule has 2 aliphatic heterocycles. The first kappa shape index (κ1) is 35.9. The molecule has 0 aliphatic carbocycles. The van der Waals surface area contributed by atoms with E-state index in [-0.39, 0.29) is 30.2 Å². The summed E-state index contributed by atoms with van der Waals surface area (Å²) in [6.07, 6.45) is 1.40. The molecule has 2 aromatic carbocycles. The van der Waals surface area contributed by atoms with E-state index in [1.165, 1.54) is 0 Å². The molecule has 0 radical (unpaired) electrons. The molecule has 2 aliphatic rings. The number of hydrogen-bond donors (Lipinski definition) is 3. The Morgan fingerprint density at radius 3 is 2.10 bits per heavy atom. The molecule has 2 fully saturated rings. The molecule has 1 unspecified atom stereocenters. The number of hydrogen-bond acceptors (Lipinski definition) is 9. The third-order valence-electron chi connectivity index (χ3n) is 8.82. The average Bonchev–Trinajstić information content (AvgIpc) is 3.68. The lowest BCUT2D eigenvalue weighted by Gasteiger charge is -2.27. The van der Waals surface area contributed by atoms with Crippen LogP contribution < -0.4 is 16.0 Å². The van der Waals surface area contributed by atoms with E-state index in [9.17, 15) is 19.2 Å². The van der Waals surface area contributed by atoms with Gasteiger partial charge in [0.25, 0.3) is 5.91 Å². The van der Waals surface area contributed by atoms with Crippen molar-refractivity contribution in [1.82, 2.24) is 26.0 Å². The summed E-state index contributed by atoms with van der Waals surface area (Å²) in [6.45, 7) is 9.17. The van der Waals surface area contributed by atoms with E-state index in [0.717, 1.165) is 24.2 Å². The Bertz CT molecular complexity index is 1550. The van der Waals surface area contributed by atoms with Gasteiger partial charge in [-0.1, -0.05) is 79.7 Å². The van der Waals surface area contributed by atoms with Crippen LogP contribution in [0.4, 0.5) is 0 Å². The molecule has 0 spiro atoms. The van der Waals surface area contributed by atoms with Crippen LogP contribution in [0, 0.1) is 5.92 Å². The summed E-state index contributed by atoms with van der Waals surface area (Å²) in [7, 11) is 0. The van der Waals surface area contributed by atoms with Gasteiger partial charge in [-0.15, -0.1) is 0 Å². The molecular weight excluding hydrogens is 626 g/mol. The van der Waals surface area contributed by atoms with Gasteiger partial charge < -0.3 is 29.9 Å². The fraction of sp³-hybridized carbons (Fsp3) is 0.486. The maximum atomic E-state index is 13.9. The molecule has 3 heterocycles. The molecule has 49 heavy (non-hydrogen) atoms. The van der Waals surface area contributed by atoms with Crippen LogP contribution >= 0.6 is 0 Å². The van der Waals surface area contributed by atoms with Crippen molar-refractivity contribution in [1.29, 1.82) is 0 Å². The van der Waals surface area contributed by atoms with Crippen molar-refractivity contribution in [3.8, 4) is 0 Å². The number of amides is 3. The molecule has 12 nitrogen and oxygen atoms in total. The van der Waals surface area contributed by atoms with Crippen molar-refractivity contribution < 1.29 is 33.2 Å². The van der Waals surface area contributed by atoms with E-state index in [1.807, 2.05) is 74.5 Å². The van der Waals surface area contributed by atoms with Crippen LogP contribution in [-0.2, 0) is 43.2 Å². The summed E-state index contributed by atoms with van der Waals surface area (Å²) >= 11 is 0. The van der Waals surface area contributed by atoms with Crippen LogP contribution in [0.3, 0.4) is 0 Å². The molecule has 3 aromatic rings. The third-order valence-corrected chi connectivity index (χ3v) is 8.82. The highest BCUT2D eigenvalue weighted by atomic mass is 16.6.